The number of halogens is 1. The van der Waals surface area contributed by atoms with Gasteiger partial charge in [-0.15, -0.1) is 10.2 Å². The number of hydrogen-bond acceptors (Lipinski definition) is 4. The normalized spacial score (nSPS) is 10.5. The van der Waals surface area contributed by atoms with Crippen molar-refractivity contribution in [1.82, 2.24) is 14.8 Å². The fourth-order valence-electron chi connectivity index (χ4n) is 1.63. The van der Waals surface area contributed by atoms with E-state index in [1.54, 1.807) is 12.1 Å². The van der Waals surface area contributed by atoms with E-state index in [9.17, 15) is 4.79 Å². The van der Waals surface area contributed by atoms with Crippen LogP contribution >= 0.6 is 15.9 Å². The number of nitrogens with zero attached hydrogens (tertiary/aromatic N) is 3. The molecule has 0 radical (unpaired) electrons. The number of carbonyl (C=O) groups excluding carboxylic acids is 1. The van der Waals surface area contributed by atoms with Crippen LogP contribution in [0.1, 0.15) is 28.9 Å². The minimum atomic E-state index is -0.0309. The zero-order valence-electron chi connectivity index (χ0n) is 11.0. The third-order valence-electron chi connectivity index (χ3n) is 2.86. The third-order valence-corrected chi connectivity index (χ3v) is 3.36. The van der Waals surface area contributed by atoms with Crippen LogP contribution in [-0.4, -0.2) is 20.5 Å². The van der Waals surface area contributed by atoms with E-state index in [1.807, 2.05) is 24.6 Å². The molecule has 19 heavy (non-hydrogen) atoms. The van der Waals surface area contributed by atoms with Crippen molar-refractivity contribution in [2.75, 3.05) is 0 Å². The Morgan fingerprint density at radius 1 is 1.42 bits per heavy atom. The molecule has 0 spiro atoms. The van der Waals surface area contributed by atoms with Crippen LogP contribution in [0.4, 0.5) is 0 Å². The molecule has 0 aliphatic carbocycles. The molecule has 0 aliphatic rings. The maximum absolute atomic E-state index is 11.5. The van der Waals surface area contributed by atoms with E-state index in [-0.39, 0.29) is 12.4 Å². The number of aromatic nitrogens is 3. The Balaban J connectivity index is 2.21. The minimum Gasteiger partial charge on any atom is -0.485 e. The molecule has 2 rings (SSSR count). The van der Waals surface area contributed by atoms with Gasteiger partial charge < -0.3 is 9.30 Å². The molecule has 0 saturated carbocycles. The van der Waals surface area contributed by atoms with E-state index >= 15 is 0 Å². The molecule has 0 saturated heterocycles. The van der Waals surface area contributed by atoms with Gasteiger partial charge in [-0.1, -0.05) is 15.9 Å². The summed E-state index contributed by atoms with van der Waals surface area (Å²) >= 11 is 3.37. The van der Waals surface area contributed by atoms with Crippen LogP contribution in [0, 0.1) is 6.92 Å². The average molecular weight is 324 g/mol. The van der Waals surface area contributed by atoms with Gasteiger partial charge in [0, 0.05) is 11.5 Å². The van der Waals surface area contributed by atoms with Crippen LogP contribution < -0.4 is 4.74 Å². The maximum atomic E-state index is 11.5. The van der Waals surface area contributed by atoms with E-state index in [0.717, 1.165) is 10.3 Å². The largest absolute Gasteiger partial charge is 0.485 e. The summed E-state index contributed by atoms with van der Waals surface area (Å²) in [5, 5.41) is 7.98. The molecule has 5 nitrogen and oxygen atoms in total. The van der Waals surface area contributed by atoms with Crippen LogP contribution in [0.3, 0.4) is 0 Å². The molecular formula is C13H14BrN3O2. The first-order chi connectivity index (χ1) is 8.99. The fourth-order valence-corrected chi connectivity index (χ4v) is 1.97. The Hall–Kier alpha value is -1.69. The maximum Gasteiger partial charge on any atom is 0.170 e. The van der Waals surface area contributed by atoms with Gasteiger partial charge in [-0.2, -0.15) is 0 Å². The van der Waals surface area contributed by atoms with Gasteiger partial charge in [0.25, 0.3) is 0 Å². The van der Waals surface area contributed by atoms with Crippen molar-refractivity contribution >= 4 is 21.7 Å². The predicted octanol–water partition coefficient (Wildman–Crippen LogP) is 2.67. The number of ether oxygens (including phenoxy) is 1. The molecule has 0 atom stereocenters. The first-order valence-corrected chi connectivity index (χ1v) is 6.56. The fraction of sp³-hybridized carbons (Fsp3) is 0.308. The lowest BCUT2D eigenvalue weighted by Gasteiger charge is -2.10. The monoisotopic (exact) mass is 323 g/mol. The van der Waals surface area contributed by atoms with Gasteiger partial charge in [0.1, 0.15) is 18.2 Å². The predicted molar refractivity (Wildman–Crippen MR) is 74.2 cm³/mol. The summed E-state index contributed by atoms with van der Waals surface area (Å²) < 4.78 is 8.40. The van der Waals surface area contributed by atoms with E-state index in [0.29, 0.717) is 17.1 Å². The summed E-state index contributed by atoms with van der Waals surface area (Å²) in [4.78, 5) is 11.5. The Morgan fingerprint density at radius 3 is 2.74 bits per heavy atom. The van der Waals surface area contributed by atoms with Gasteiger partial charge in [-0.25, -0.2) is 0 Å². The van der Waals surface area contributed by atoms with Gasteiger partial charge in [-0.3, -0.25) is 4.79 Å². The van der Waals surface area contributed by atoms with E-state index in [4.69, 9.17) is 4.74 Å². The van der Waals surface area contributed by atoms with E-state index in [2.05, 4.69) is 26.1 Å². The van der Waals surface area contributed by atoms with Gasteiger partial charge >= 0.3 is 0 Å². The van der Waals surface area contributed by atoms with E-state index < -0.39 is 0 Å². The topological polar surface area (TPSA) is 57.0 Å². The molecule has 100 valence electrons. The Bertz CT molecular complexity index is 622. The van der Waals surface area contributed by atoms with Gasteiger partial charge in [0.05, 0.1) is 5.56 Å². The van der Waals surface area contributed by atoms with Crippen LogP contribution in [-0.2, 0) is 13.7 Å². The number of benzene rings is 1. The van der Waals surface area contributed by atoms with Crippen molar-refractivity contribution in [2.45, 2.75) is 20.5 Å². The lowest BCUT2D eigenvalue weighted by molar-refractivity contribution is 0.101. The first kappa shape index (κ1) is 13.7. The zero-order valence-corrected chi connectivity index (χ0v) is 12.6. The van der Waals surface area contributed by atoms with Crippen molar-refractivity contribution in [2.24, 2.45) is 7.05 Å². The average Bonchev–Trinajstić information content (AvgIpc) is 2.67. The molecule has 1 aromatic carbocycles. The quantitative estimate of drug-likeness (QED) is 0.812. The van der Waals surface area contributed by atoms with Crippen LogP contribution in [0.25, 0.3) is 0 Å². The highest BCUT2D eigenvalue weighted by Crippen LogP contribution is 2.25. The van der Waals surface area contributed by atoms with Crippen molar-refractivity contribution in [1.29, 1.82) is 0 Å². The second-order valence-electron chi connectivity index (χ2n) is 4.21. The lowest BCUT2D eigenvalue weighted by Crippen LogP contribution is -2.06. The number of carbonyl (C=O) groups is 1. The molecule has 1 heterocycles. The van der Waals surface area contributed by atoms with Crippen molar-refractivity contribution < 1.29 is 9.53 Å². The van der Waals surface area contributed by atoms with Crippen LogP contribution in [0.15, 0.2) is 22.7 Å². The van der Waals surface area contributed by atoms with Crippen LogP contribution in [0.2, 0.25) is 0 Å². The molecule has 1 aromatic heterocycles. The molecule has 0 fully saturated rings. The Kier molecular flexibility index (Phi) is 3.99. The number of Topliss-reactive ketones (excluding diaryl/α,β-unsaturated/α-hetero) is 1. The van der Waals surface area contributed by atoms with Crippen molar-refractivity contribution in [3.8, 4) is 5.75 Å². The first-order valence-electron chi connectivity index (χ1n) is 5.77. The minimum absolute atomic E-state index is 0.0309. The van der Waals surface area contributed by atoms with Crippen molar-refractivity contribution in [3.63, 3.8) is 0 Å². The van der Waals surface area contributed by atoms with E-state index in [1.165, 1.54) is 6.92 Å². The molecule has 0 N–H and O–H groups in total. The second kappa shape index (κ2) is 5.52. The Labute approximate surface area is 119 Å². The number of rotatable bonds is 4. The molecule has 0 aliphatic heterocycles. The number of aryl methyl sites for hydroxylation is 1. The van der Waals surface area contributed by atoms with Gasteiger partial charge in [0.15, 0.2) is 11.6 Å². The Morgan fingerprint density at radius 2 is 2.16 bits per heavy atom. The number of ketones is 1. The molecule has 0 bridgehead atoms. The summed E-state index contributed by atoms with van der Waals surface area (Å²) in [6.07, 6.45) is 0. The van der Waals surface area contributed by atoms with Gasteiger partial charge in [-0.05, 0) is 32.0 Å². The molecular weight excluding hydrogens is 310 g/mol. The summed E-state index contributed by atoms with van der Waals surface area (Å²) in [6.45, 7) is 3.66. The highest BCUT2D eigenvalue weighted by molar-refractivity contribution is 9.10. The SMILES string of the molecule is CC(=O)c1ccc(Br)cc1OCc1nnc(C)n1C. The smallest absolute Gasteiger partial charge is 0.170 e. The molecule has 6 heteroatoms. The van der Waals surface area contributed by atoms with Crippen molar-refractivity contribution in [3.05, 3.63) is 39.9 Å². The highest BCUT2D eigenvalue weighted by atomic mass is 79.9. The molecule has 0 unspecified atom stereocenters. The summed E-state index contributed by atoms with van der Waals surface area (Å²) in [7, 11) is 1.88. The lowest BCUT2D eigenvalue weighted by atomic mass is 10.1. The highest BCUT2D eigenvalue weighted by Gasteiger charge is 2.11. The molecule has 0 amide bonds. The second-order valence-corrected chi connectivity index (χ2v) is 5.12. The standard InChI is InChI=1S/C13H14BrN3O2/c1-8(18)11-5-4-10(14)6-12(11)19-7-13-16-15-9(2)17(13)3/h4-6H,7H2,1-3H3. The van der Waals surface area contributed by atoms with Crippen LogP contribution in [0.5, 0.6) is 5.75 Å². The third kappa shape index (κ3) is 3.01. The molecule has 2 aromatic rings. The zero-order chi connectivity index (χ0) is 14.0. The number of hydrogen-bond donors (Lipinski definition) is 0. The summed E-state index contributed by atoms with van der Waals surface area (Å²) in [5.74, 6) is 2.05. The summed E-state index contributed by atoms with van der Waals surface area (Å²) in [6, 6.07) is 5.33. The van der Waals surface area contributed by atoms with Gasteiger partial charge in [0.2, 0.25) is 0 Å². The summed E-state index contributed by atoms with van der Waals surface area (Å²) in [5.41, 5.74) is 0.557.